The molecule has 0 bridgehead atoms. The number of aliphatic hydroxyl groups excluding tert-OH is 1. The Hall–Kier alpha value is -3.57. The number of aryl methyl sites for hydroxylation is 1. The van der Waals surface area contributed by atoms with Crippen molar-refractivity contribution in [3.05, 3.63) is 83.9 Å². The summed E-state index contributed by atoms with van der Waals surface area (Å²) in [6.07, 6.45) is -5.19. The van der Waals surface area contributed by atoms with Crippen molar-refractivity contribution < 1.29 is 36.2 Å². The van der Waals surface area contributed by atoms with Crippen molar-refractivity contribution in [2.45, 2.75) is 24.1 Å². The molecule has 3 N–H and O–H groups in total. The summed E-state index contributed by atoms with van der Waals surface area (Å²) in [7, 11) is -4.47. The van der Waals surface area contributed by atoms with E-state index in [1.165, 1.54) is 12.1 Å². The van der Waals surface area contributed by atoms with Crippen LogP contribution < -0.4 is 14.8 Å². The number of sulfonamides is 1. The van der Waals surface area contributed by atoms with Gasteiger partial charge in [-0.05, 0) is 42.3 Å². The van der Waals surface area contributed by atoms with Crippen molar-refractivity contribution in [2.75, 3.05) is 16.6 Å². The molecule has 0 aliphatic carbocycles. The third-order valence-electron chi connectivity index (χ3n) is 4.70. The highest BCUT2D eigenvalue weighted by Gasteiger charge is 2.34. The molecule has 0 unspecified atom stereocenters. The molecule has 0 aromatic heterocycles. The van der Waals surface area contributed by atoms with E-state index < -0.39 is 45.5 Å². The zero-order chi connectivity index (χ0) is 24.9. The largest absolute Gasteiger partial charge is 0.573 e. The summed E-state index contributed by atoms with van der Waals surface area (Å²) in [6.45, 7) is 1.18. The topological polar surface area (TPSA) is 105 Å². The van der Waals surface area contributed by atoms with E-state index in [-0.39, 0.29) is 11.4 Å². The first-order valence-electron chi connectivity index (χ1n) is 9.94. The number of nitrogens with one attached hydrogen (secondary N) is 2. The molecule has 11 heteroatoms. The summed E-state index contributed by atoms with van der Waals surface area (Å²) >= 11 is 0. The predicted octanol–water partition coefficient (Wildman–Crippen LogP) is 4.41. The Bertz CT molecular complexity index is 1270. The number of aliphatic hydroxyl groups is 1. The van der Waals surface area contributed by atoms with Crippen LogP contribution in [-0.2, 0) is 14.8 Å². The number of benzene rings is 3. The Kier molecular flexibility index (Phi) is 7.48. The van der Waals surface area contributed by atoms with Crippen molar-refractivity contribution >= 4 is 27.3 Å². The maximum atomic E-state index is 13.0. The maximum Gasteiger partial charge on any atom is 0.573 e. The van der Waals surface area contributed by atoms with Crippen molar-refractivity contribution in [3.8, 4) is 5.75 Å². The standard InChI is InChI=1S/C23H21F3N2O5S/c1-15-6-5-9-18(12-15)28-34(31,32)21-11-10-17(13-20(21)33-23(24,25)26)27-22(30)19(14-29)16-7-3-2-4-8-16/h2-13,19,28-29H,14H2,1H3,(H,27,30)/t19-/m0/s1. The van der Waals surface area contributed by atoms with E-state index in [4.69, 9.17) is 0 Å². The molecular weight excluding hydrogens is 473 g/mol. The molecule has 0 spiro atoms. The number of carbonyl (C=O) groups excluding carboxylic acids is 1. The lowest BCUT2D eigenvalue weighted by molar-refractivity contribution is -0.275. The number of ether oxygens (including phenoxy) is 1. The molecule has 1 amide bonds. The van der Waals surface area contributed by atoms with Crippen molar-refractivity contribution in [2.24, 2.45) is 0 Å². The lowest BCUT2D eigenvalue weighted by atomic mass is 9.99. The van der Waals surface area contributed by atoms with E-state index in [9.17, 15) is 31.5 Å². The van der Waals surface area contributed by atoms with Gasteiger partial charge >= 0.3 is 6.36 Å². The molecule has 34 heavy (non-hydrogen) atoms. The van der Waals surface area contributed by atoms with Gasteiger partial charge in [-0.3, -0.25) is 9.52 Å². The van der Waals surface area contributed by atoms with Crippen molar-refractivity contribution in [3.63, 3.8) is 0 Å². The van der Waals surface area contributed by atoms with Gasteiger partial charge in [0.15, 0.2) is 5.75 Å². The van der Waals surface area contributed by atoms with E-state index in [1.54, 1.807) is 49.4 Å². The van der Waals surface area contributed by atoms with E-state index in [2.05, 4.69) is 14.8 Å². The number of hydrogen-bond donors (Lipinski definition) is 3. The van der Waals surface area contributed by atoms with Crippen LogP contribution in [-0.4, -0.2) is 32.4 Å². The van der Waals surface area contributed by atoms with Gasteiger partial charge in [0.05, 0.1) is 12.5 Å². The normalized spacial score (nSPS) is 12.6. The number of carbonyl (C=O) groups is 1. The Morgan fingerprint density at radius 2 is 1.71 bits per heavy atom. The fourth-order valence-electron chi connectivity index (χ4n) is 3.19. The monoisotopic (exact) mass is 494 g/mol. The van der Waals surface area contributed by atoms with Crippen LogP contribution >= 0.6 is 0 Å². The van der Waals surface area contributed by atoms with Crippen LogP contribution in [0, 0.1) is 6.92 Å². The minimum absolute atomic E-state index is 0.145. The smallest absolute Gasteiger partial charge is 0.404 e. The molecule has 7 nitrogen and oxygen atoms in total. The summed E-state index contributed by atoms with van der Waals surface area (Å²) in [6, 6.07) is 17.3. The van der Waals surface area contributed by atoms with E-state index in [1.807, 2.05) is 0 Å². The zero-order valence-electron chi connectivity index (χ0n) is 17.8. The Morgan fingerprint density at radius 3 is 2.32 bits per heavy atom. The van der Waals surface area contributed by atoms with Crippen molar-refractivity contribution in [1.29, 1.82) is 0 Å². The van der Waals surface area contributed by atoms with Gasteiger partial charge in [0.25, 0.3) is 10.0 Å². The van der Waals surface area contributed by atoms with Crippen LogP contribution in [0.1, 0.15) is 17.0 Å². The van der Waals surface area contributed by atoms with Crippen LogP contribution in [0.5, 0.6) is 5.75 Å². The molecular formula is C23H21F3N2O5S. The average Bonchev–Trinajstić information content (AvgIpc) is 2.73. The highest BCUT2D eigenvalue weighted by molar-refractivity contribution is 7.92. The van der Waals surface area contributed by atoms with E-state index in [0.29, 0.717) is 5.56 Å². The first kappa shape index (κ1) is 25.1. The van der Waals surface area contributed by atoms with Gasteiger partial charge in [0.1, 0.15) is 4.90 Å². The fourth-order valence-corrected chi connectivity index (χ4v) is 4.35. The number of amides is 1. The Labute approximate surface area is 194 Å². The van der Waals surface area contributed by atoms with E-state index in [0.717, 1.165) is 23.8 Å². The second kappa shape index (κ2) is 10.1. The maximum absolute atomic E-state index is 13.0. The summed E-state index contributed by atoms with van der Waals surface area (Å²) in [5, 5.41) is 12.0. The third-order valence-corrected chi connectivity index (χ3v) is 6.12. The average molecular weight is 494 g/mol. The highest BCUT2D eigenvalue weighted by atomic mass is 32.2. The lowest BCUT2D eigenvalue weighted by Gasteiger charge is -2.18. The summed E-state index contributed by atoms with van der Waals surface area (Å²) < 4.78 is 70.9. The minimum atomic E-state index is -5.19. The summed E-state index contributed by atoms with van der Waals surface area (Å²) in [5.74, 6) is -2.70. The molecule has 1 atom stereocenters. The van der Waals surface area contributed by atoms with Crippen LogP contribution in [0.2, 0.25) is 0 Å². The van der Waals surface area contributed by atoms with Crippen LogP contribution in [0.4, 0.5) is 24.5 Å². The van der Waals surface area contributed by atoms with Gasteiger partial charge in [0, 0.05) is 17.4 Å². The molecule has 3 aromatic carbocycles. The molecule has 0 saturated heterocycles. The van der Waals surface area contributed by atoms with Crippen LogP contribution in [0.15, 0.2) is 77.7 Å². The second-order valence-corrected chi connectivity index (χ2v) is 8.97. The van der Waals surface area contributed by atoms with Crippen molar-refractivity contribution in [1.82, 2.24) is 0 Å². The van der Waals surface area contributed by atoms with Gasteiger partial charge in [-0.25, -0.2) is 8.42 Å². The summed E-state index contributed by atoms with van der Waals surface area (Å²) in [5.41, 5.74) is 1.25. The molecule has 0 radical (unpaired) electrons. The molecule has 3 aromatic rings. The summed E-state index contributed by atoms with van der Waals surface area (Å²) in [4.78, 5) is 11.9. The highest BCUT2D eigenvalue weighted by Crippen LogP contribution is 2.34. The minimum Gasteiger partial charge on any atom is -0.404 e. The van der Waals surface area contributed by atoms with E-state index >= 15 is 0 Å². The SMILES string of the molecule is Cc1cccc(NS(=O)(=O)c2ccc(NC(=O)[C@@H](CO)c3ccccc3)cc2OC(F)(F)F)c1. The molecule has 0 saturated carbocycles. The Morgan fingerprint density at radius 1 is 1.00 bits per heavy atom. The van der Waals surface area contributed by atoms with Gasteiger partial charge in [-0.15, -0.1) is 13.2 Å². The number of hydrogen-bond acceptors (Lipinski definition) is 5. The predicted molar refractivity (Wildman–Crippen MR) is 120 cm³/mol. The number of rotatable bonds is 8. The quantitative estimate of drug-likeness (QED) is 0.430. The number of alkyl halides is 3. The molecule has 0 aliphatic heterocycles. The second-order valence-electron chi connectivity index (χ2n) is 7.32. The van der Waals surface area contributed by atoms with Gasteiger partial charge in [-0.2, -0.15) is 0 Å². The fraction of sp³-hybridized carbons (Fsp3) is 0.174. The molecule has 0 heterocycles. The number of anilines is 2. The lowest BCUT2D eigenvalue weighted by Crippen LogP contribution is -2.24. The Balaban J connectivity index is 1.93. The van der Waals surface area contributed by atoms with Gasteiger partial charge in [-0.1, -0.05) is 42.5 Å². The first-order chi connectivity index (χ1) is 16.0. The van der Waals surface area contributed by atoms with Crippen LogP contribution in [0.3, 0.4) is 0 Å². The van der Waals surface area contributed by atoms with Gasteiger partial charge in [0.2, 0.25) is 5.91 Å². The molecule has 3 rings (SSSR count). The first-order valence-corrected chi connectivity index (χ1v) is 11.4. The van der Waals surface area contributed by atoms with Gasteiger partial charge < -0.3 is 15.2 Å². The van der Waals surface area contributed by atoms with Crippen LogP contribution in [0.25, 0.3) is 0 Å². The molecule has 180 valence electrons. The number of halogens is 3. The molecule has 0 aliphatic rings. The third kappa shape index (κ3) is 6.49. The zero-order valence-corrected chi connectivity index (χ0v) is 18.7. The molecule has 0 fully saturated rings.